The molecule has 0 rings (SSSR count). The van der Waals surface area contributed by atoms with Gasteiger partial charge < -0.3 is 14.2 Å². The van der Waals surface area contributed by atoms with Crippen molar-refractivity contribution in [1.82, 2.24) is 0 Å². The lowest BCUT2D eigenvalue weighted by atomic mass is 10.0. The molecule has 0 aliphatic rings. The summed E-state index contributed by atoms with van der Waals surface area (Å²) in [7, 11) is 0. The number of allylic oxidation sites excluding steroid dienone is 12. The molecule has 0 radical (unpaired) electrons. The molecule has 6 nitrogen and oxygen atoms in total. The molecule has 0 aromatic rings. The van der Waals surface area contributed by atoms with Crippen LogP contribution in [0.25, 0.3) is 0 Å². The van der Waals surface area contributed by atoms with E-state index in [4.69, 9.17) is 14.2 Å². The van der Waals surface area contributed by atoms with Crippen LogP contribution in [-0.4, -0.2) is 37.2 Å². The summed E-state index contributed by atoms with van der Waals surface area (Å²) in [6.07, 6.45) is 87.7. The van der Waals surface area contributed by atoms with E-state index in [0.29, 0.717) is 19.3 Å². The second-order valence-corrected chi connectivity index (χ2v) is 23.1. The lowest BCUT2D eigenvalue weighted by molar-refractivity contribution is -0.167. The maximum atomic E-state index is 12.9. The van der Waals surface area contributed by atoms with Gasteiger partial charge in [0.2, 0.25) is 0 Å². The minimum atomic E-state index is -0.783. The molecule has 79 heavy (non-hydrogen) atoms. The number of carbonyl (C=O) groups is 3. The molecule has 458 valence electrons. The number of unbranched alkanes of at least 4 members (excludes halogenated alkanes) is 40. The van der Waals surface area contributed by atoms with E-state index in [1.54, 1.807) is 0 Å². The Morgan fingerprint density at radius 3 is 0.734 bits per heavy atom. The molecule has 0 aromatic heterocycles. The normalized spacial score (nSPS) is 12.5. The van der Waals surface area contributed by atoms with Gasteiger partial charge in [-0.05, 0) is 116 Å². The van der Waals surface area contributed by atoms with E-state index in [9.17, 15) is 14.4 Å². The molecule has 0 saturated heterocycles. The SMILES string of the molecule is CCCCCC/C=C\CCCCCCCC(=O)OCC(COC(=O)CCCCCCCCCCCC/C=C\C/C=C\C/C=C\CCCCCCC)OC(=O)CCCCCCCCCCCCC/C=C\C/C=C\CCCCCCC. The van der Waals surface area contributed by atoms with Crippen LogP contribution < -0.4 is 0 Å². The first-order valence-corrected chi connectivity index (χ1v) is 34.4. The number of carbonyl (C=O) groups excluding carboxylic acids is 3. The molecule has 0 heterocycles. The van der Waals surface area contributed by atoms with E-state index in [1.165, 1.54) is 231 Å². The molecule has 0 bridgehead atoms. The van der Waals surface area contributed by atoms with Gasteiger partial charge >= 0.3 is 17.9 Å². The van der Waals surface area contributed by atoms with Crippen LogP contribution in [0.4, 0.5) is 0 Å². The summed E-state index contributed by atoms with van der Waals surface area (Å²) in [6.45, 7) is 6.64. The summed E-state index contributed by atoms with van der Waals surface area (Å²) < 4.78 is 17.0. The third kappa shape index (κ3) is 65.5. The number of rotatable bonds is 63. The fourth-order valence-electron chi connectivity index (χ4n) is 9.95. The van der Waals surface area contributed by atoms with Crippen LogP contribution in [0.15, 0.2) is 72.9 Å². The minimum Gasteiger partial charge on any atom is -0.462 e. The largest absolute Gasteiger partial charge is 0.462 e. The van der Waals surface area contributed by atoms with Crippen molar-refractivity contribution in [3.8, 4) is 0 Å². The third-order valence-corrected chi connectivity index (χ3v) is 15.2. The monoisotopic (exact) mass is 1100 g/mol. The number of ether oxygens (including phenoxy) is 3. The van der Waals surface area contributed by atoms with Gasteiger partial charge in [-0.2, -0.15) is 0 Å². The van der Waals surface area contributed by atoms with Gasteiger partial charge in [-0.3, -0.25) is 14.4 Å². The highest BCUT2D eigenvalue weighted by atomic mass is 16.6. The Bertz CT molecular complexity index is 1450. The number of hydrogen-bond acceptors (Lipinski definition) is 6. The van der Waals surface area contributed by atoms with Crippen molar-refractivity contribution >= 4 is 17.9 Å². The average molecular weight is 1100 g/mol. The second kappa shape index (κ2) is 67.4. The lowest BCUT2D eigenvalue weighted by Crippen LogP contribution is -2.30. The fourth-order valence-corrected chi connectivity index (χ4v) is 9.95. The number of esters is 3. The van der Waals surface area contributed by atoms with Crippen molar-refractivity contribution in [3.63, 3.8) is 0 Å². The zero-order chi connectivity index (χ0) is 57.1. The Labute approximate surface area is 491 Å². The highest BCUT2D eigenvalue weighted by Crippen LogP contribution is 2.17. The molecule has 0 saturated carbocycles. The smallest absolute Gasteiger partial charge is 0.306 e. The van der Waals surface area contributed by atoms with Crippen LogP contribution in [-0.2, 0) is 28.6 Å². The van der Waals surface area contributed by atoms with Crippen LogP contribution in [0.3, 0.4) is 0 Å². The van der Waals surface area contributed by atoms with Crippen LogP contribution in [0.5, 0.6) is 0 Å². The summed E-state index contributed by atoms with van der Waals surface area (Å²) in [4.78, 5) is 38.4. The van der Waals surface area contributed by atoms with Gasteiger partial charge in [0.25, 0.3) is 0 Å². The quantitative estimate of drug-likeness (QED) is 0.0261. The molecule has 0 aromatic carbocycles. The zero-order valence-corrected chi connectivity index (χ0v) is 52.6. The predicted molar refractivity (Wildman–Crippen MR) is 344 cm³/mol. The van der Waals surface area contributed by atoms with Crippen molar-refractivity contribution in [3.05, 3.63) is 72.9 Å². The van der Waals surface area contributed by atoms with Gasteiger partial charge in [0, 0.05) is 19.3 Å². The van der Waals surface area contributed by atoms with Gasteiger partial charge in [-0.15, -0.1) is 0 Å². The van der Waals surface area contributed by atoms with Crippen LogP contribution in [0.1, 0.15) is 355 Å². The highest BCUT2D eigenvalue weighted by Gasteiger charge is 2.19. The summed E-state index contributed by atoms with van der Waals surface area (Å²) in [5, 5.41) is 0. The highest BCUT2D eigenvalue weighted by molar-refractivity contribution is 5.71. The average Bonchev–Trinajstić information content (AvgIpc) is 3.45. The minimum absolute atomic E-state index is 0.0790. The Morgan fingerprint density at radius 2 is 0.456 bits per heavy atom. The van der Waals surface area contributed by atoms with Crippen molar-refractivity contribution in [2.75, 3.05) is 13.2 Å². The van der Waals surface area contributed by atoms with E-state index >= 15 is 0 Å². The van der Waals surface area contributed by atoms with E-state index in [-0.39, 0.29) is 31.1 Å². The first-order valence-electron chi connectivity index (χ1n) is 34.4. The first-order chi connectivity index (χ1) is 39.0. The Hall–Kier alpha value is -3.15. The number of hydrogen-bond donors (Lipinski definition) is 0. The summed E-state index contributed by atoms with van der Waals surface area (Å²) in [5.41, 5.74) is 0. The predicted octanol–water partition coefficient (Wildman–Crippen LogP) is 23.7. The maximum Gasteiger partial charge on any atom is 0.306 e. The molecule has 6 heteroatoms. The summed E-state index contributed by atoms with van der Waals surface area (Å²) in [5.74, 6) is -0.876. The lowest BCUT2D eigenvalue weighted by Gasteiger charge is -2.18. The molecule has 0 fully saturated rings. The topological polar surface area (TPSA) is 78.9 Å². The van der Waals surface area contributed by atoms with Crippen molar-refractivity contribution in [2.24, 2.45) is 0 Å². The van der Waals surface area contributed by atoms with Gasteiger partial charge in [0.1, 0.15) is 13.2 Å². The van der Waals surface area contributed by atoms with E-state index in [1.807, 2.05) is 0 Å². The molecular weight excluding hydrogens is 973 g/mol. The molecule has 0 aliphatic heterocycles. The van der Waals surface area contributed by atoms with Gasteiger partial charge in [0.05, 0.1) is 0 Å². The standard InChI is InChI=1S/C73H130O6/c1-4-7-10-13-16-19-22-25-27-29-31-33-35-36-38-39-41-43-45-48-51-54-57-60-63-66-72(75)78-69-70(68-77-71(74)65-62-59-56-53-50-47-24-21-18-15-12-9-6-3)79-73(76)67-64-61-58-55-52-49-46-44-42-40-37-34-32-30-28-26-23-20-17-14-11-8-5-2/h21-26,29-32,35-36,70H,4-20,27-28,33-34,37-69H2,1-3H3/b24-21-,25-22-,26-23-,31-29-,32-30-,36-35-. The molecule has 0 amide bonds. The van der Waals surface area contributed by atoms with Gasteiger partial charge in [-0.1, -0.05) is 293 Å². The van der Waals surface area contributed by atoms with Crippen molar-refractivity contribution < 1.29 is 28.6 Å². The molecule has 0 spiro atoms. The molecule has 1 unspecified atom stereocenters. The third-order valence-electron chi connectivity index (χ3n) is 15.2. The van der Waals surface area contributed by atoms with Crippen molar-refractivity contribution in [1.29, 1.82) is 0 Å². The summed E-state index contributed by atoms with van der Waals surface area (Å²) >= 11 is 0. The van der Waals surface area contributed by atoms with Crippen molar-refractivity contribution in [2.45, 2.75) is 361 Å². The first kappa shape index (κ1) is 75.8. The molecule has 1 atom stereocenters. The summed E-state index contributed by atoms with van der Waals surface area (Å²) in [6, 6.07) is 0. The second-order valence-electron chi connectivity index (χ2n) is 23.1. The van der Waals surface area contributed by atoms with E-state index in [0.717, 1.165) is 83.5 Å². The van der Waals surface area contributed by atoms with Crippen LogP contribution in [0, 0.1) is 0 Å². The Morgan fingerprint density at radius 1 is 0.253 bits per heavy atom. The Kier molecular flexibility index (Phi) is 64.7. The molecule has 0 N–H and O–H groups in total. The molecule has 0 aliphatic carbocycles. The molecular formula is C73H130O6. The van der Waals surface area contributed by atoms with Crippen LogP contribution >= 0.6 is 0 Å². The Balaban J connectivity index is 4.30. The van der Waals surface area contributed by atoms with E-state index < -0.39 is 6.10 Å². The van der Waals surface area contributed by atoms with Gasteiger partial charge in [0.15, 0.2) is 6.10 Å². The maximum absolute atomic E-state index is 12.9. The van der Waals surface area contributed by atoms with E-state index in [2.05, 4.69) is 93.7 Å². The van der Waals surface area contributed by atoms with Gasteiger partial charge in [-0.25, -0.2) is 0 Å². The zero-order valence-electron chi connectivity index (χ0n) is 52.6. The fraction of sp³-hybridized carbons (Fsp3) is 0.795. The van der Waals surface area contributed by atoms with Crippen LogP contribution in [0.2, 0.25) is 0 Å².